The number of hydrogen-bond donors (Lipinski definition) is 0. The van der Waals surface area contributed by atoms with Gasteiger partial charge in [0.25, 0.3) is 0 Å². The van der Waals surface area contributed by atoms with Gasteiger partial charge in [-0.2, -0.15) is 0 Å². The van der Waals surface area contributed by atoms with E-state index >= 15 is 0 Å². The molecule has 22 heavy (non-hydrogen) atoms. The maximum Gasteiger partial charge on any atom is 0.134 e. The van der Waals surface area contributed by atoms with Crippen molar-refractivity contribution in [2.75, 3.05) is 0 Å². The van der Waals surface area contributed by atoms with Crippen molar-refractivity contribution >= 4 is 22.6 Å². The van der Waals surface area contributed by atoms with Gasteiger partial charge in [0.15, 0.2) is 0 Å². The van der Waals surface area contributed by atoms with Gasteiger partial charge in [-0.15, -0.1) is 0 Å². The number of imidazole rings is 1. The van der Waals surface area contributed by atoms with Crippen LogP contribution in [-0.4, -0.2) is 9.55 Å². The maximum absolute atomic E-state index is 6.06. The normalized spacial score (nSPS) is 12.6. The highest BCUT2D eigenvalue weighted by Gasteiger charge is 2.20. The van der Waals surface area contributed by atoms with Gasteiger partial charge in [0, 0.05) is 22.8 Å². The second-order valence-electron chi connectivity index (χ2n) is 5.15. The molecule has 4 aromatic rings. The number of halogens is 1. The minimum absolute atomic E-state index is 0.0628. The first-order valence-electron chi connectivity index (χ1n) is 7.02. The lowest BCUT2D eigenvalue weighted by Crippen LogP contribution is -2.09. The first kappa shape index (κ1) is 13.2. The molecule has 1 atom stereocenters. The van der Waals surface area contributed by atoms with E-state index in [1.807, 2.05) is 53.2 Å². The molecule has 4 rings (SSSR count). The van der Waals surface area contributed by atoms with E-state index in [-0.39, 0.29) is 6.04 Å². The summed E-state index contributed by atoms with van der Waals surface area (Å²) in [6.07, 6.45) is 5.50. The van der Waals surface area contributed by atoms with Crippen LogP contribution in [0.3, 0.4) is 0 Å². The molecule has 2 aromatic carbocycles. The molecule has 0 aliphatic carbocycles. The second kappa shape index (κ2) is 5.35. The number of hydrogen-bond acceptors (Lipinski definition) is 2. The number of aromatic nitrogens is 2. The van der Waals surface area contributed by atoms with Crippen molar-refractivity contribution in [3.8, 4) is 0 Å². The van der Waals surface area contributed by atoms with Crippen molar-refractivity contribution in [1.29, 1.82) is 0 Å². The number of benzene rings is 2. The molecule has 0 aliphatic heterocycles. The fourth-order valence-corrected chi connectivity index (χ4v) is 2.81. The standard InChI is InChI=1S/C18H13ClN2O/c19-15-7-5-13(6-8-15)18(21-10-9-20-12-21)17-11-14-3-1-2-4-16(14)22-17/h1-12,18H/t18-/m1/s1. The molecule has 0 bridgehead atoms. The predicted molar refractivity (Wildman–Crippen MR) is 87.1 cm³/mol. The van der Waals surface area contributed by atoms with E-state index in [0.29, 0.717) is 0 Å². The van der Waals surface area contributed by atoms with Gasteiger partial charge in [-0.05, 0) is 29.8 Å². The molecular formula is C18H13ClN2O. The quantitative estimate of drug-likeness (QED) is 0.538. The van der Waals surface area contributed by atoms with E-state index in [1.165, 1.54) is 0 Å². The summed E-state index contributed by atoms with van der Waals surface area (Å²) >= 11 is 6.01. The van der Waals surface area contributed by atoms with E-state index in [2.05, 4.69) is 17.1 Å². The summed E-state index contributed by atoms with van der Waals surface area (Å²) in [5, 5.41) is 1.81. The monoisotopic (exact) mass is 308 g/mol. The van der Waals surface area contributed by atoms with Crippen molar-refractivity contribution in [3.63, 3.8) is 0 Å². The van der Waals surface area contributed by atoms with Crippen molar-refractivity contribution in [1.82, 2.24) is 9.55 Å². The molecule has 0 spiro atoms. The van der Waals surface area contributed by atoms with Gasteiger partial charge in [0.2, 0.25) is 0 Å². The molecular weight excluding hydrogens is 296 g/mol. The van der Waals surface area contributed by atoms with Crippen LogP contribution in [0.1, 0.15) is 17.4 Å². The molecule has 2 aromatic heterocycles. The minimum atomic E-state index is -0.0628. The number of furan rings is 1. The molecule has 0 aliphatic rings. The molecule has 0 amide bonds. The number of rotatable bonds is 3. The fourth-order valence-electron chi connectivity index (χ4n) is 2.69. The van der Waals surface area contributed by atoms with E-state index in [1.54, 1.807) is 12.5 Å². The molecule has 108 valence electrons. The Balaban J connectivity index is 1.88. The third-order valence-corrected chi connectivity index (χ3v) is 3.97. The molecule has 3 nitrogen and oxygen atoms in total. The summed E-state index contributed by atoms with van der Waals surface area (Å²) in [7, 11) is 0. The van der Waals surface area contributed by atoms with Crippen LogP contribution in [0.2, 0.25) is 5.02 Å². The Kier molecular flexibility index (Phi) is 3.20. The van der Waals surface area contributed by atoms with Gasteiger partial charge in [0.05, 0.1) is 6.33 Å². The lowest BCUT2D eigenvalue weighted by Gasteiger charge is -2.16. The second-order valence-corrected chi connectivity index (χ2v) is 5.59. The highest BCUT2D eigenvalue weighted by atomic mass is 35.5. The molecule has 0 N–H and O–H groups in total. The van der Waals surface area contributed by atoms with Crippen molar-refractivity contribution in [2.45, 2.75) is 6.04 Å². The number of fused-ring (bicyclic) bond motifs is 1. The van der Waals surface area contributed by atoms with Crippen LogP contribution in [0, 0.1) is 0 Å². The lowest BCUT2D eigenvalue weighted by molar-refractivity contribution is 0.488. The van der Waals surface area contributed by atoms with Crippen LogP contribution >= 0.6 is 11.6 Å². The van der Waals surface area contributed by atoms with Crippen LogP contribution in [-0.2, 0) is 0 Å². The van der Waals surface area contributed by atoms with E-state index < -0.39 is 0 Å². The van der Waals surface area contributed by atoms with Gasteiger partial charge < -0.3 is 8.98 Å². The van der Waals surface area contributed by atoms with Crippen molar-refractivity contribution in [2.24, 2.45) is 0 Å². The van der Waals surface area contributed by atoms with Crippen molar-refractivity contribution < 1.29 is 4.42 Å². The average molecular weight is 309 g/mol. The van der Waals surface area contributed by atoms with Crippen LogP contribution in [0.5, 0.6) is 0 Å². The Labute approximate surface area is 132 Å². The van der Waals surface area contributed by atoms with E-state index in [9.17, 15) is 0 Å². The highest BCUT2D eigenvalue weighted by Crippen LogP contribution is 2.31. The third-order valence-electron chi connectivity index (χ3n) is 3.72. The Bertz CT molecular complexity index is 861. The van der Waals surface area contributed by atoms with Crippen molar-refractivity contribution in [3.05, 3.63) is 89.7 Å². The Morgan fingerprint density at radius 3 is 2.59 bits per heavy atom. The molecule has 0 fully saturated rings. The molecule has 2 heterocycles. The SMILES string of the molecule is Clc1ccc([C@H](c2cc3ccccc3o2)n2ccnc2)cc1. The molecule has 0 saturated carbocycles. The van der Waals surface area contributed by atoms with Crippen LogP contribution in [0.25, 0.3) is 11.0 Å². The van der Waals surface area contributed by atoms with Gasteiger partial charge in [-0.1, -0.05) is 41.9 Å². The van der Waals surface area contributed by atoms with Crippen LogP contribution < -0.4 is 0 Å². The maximum atomic E-state index is 6.06. The Morgan fingerprint density at radius 1 is 1.05 bits per heavy atom. The Morgan fingerprint density at radius 2 is 1.86 bits per heavy atom. The van der Waals surface area contributed by atoms with E-state index in [4.69, 9.17) is 16.0 Å². The van der Waals surface area contributed by atoms with E-state index in [0.717, 1.165) is 27.3 Å². The first-order valence-corrected chi connectivity index (χ1v) is 7.40. The van der Waals surface area contributed by atoms with Crippen LogP contribution in [0.4, 0.5) is 0 Å². The van der Waals surface area contributed by atoms with Gasteiger partial charge in [0.1, 0.15) is 17.4 Å². The van der Waals surface area contributed by atoms with Gasteiger partial charge in [-0.3, -0.25) is 0 Å². The summed E-state index contributed by atoms with van der Waals surface area (Å²) in [5.74, 6) is 0.876. The lowest BCUT2D eigenvalue weighted by atomic mass is 10.0. The molecule has 4 heteroatoms. The average Bonchev–Trinajstić information content (AvgIpc) is 3.19. The number of nitrogens with zero attached hydrogens (tertiary/aromatic N) is 2. The highest BCUT2D eigenvalue weighted by molar-refractivity contribution is 6.30. The first-order chi connectivity index (χ1) is 10.8. The largest absolute Gasteiger partial charge is 0.458 e. The number of para-hydroxylation sites is 1. The molecule has 0 radical (unpaired) electrons. The topological polar surface area (TPSA) is 31.0 Å². The fraction of sp³-hybridized carbons (Fsp3) is 0.0556. The summed E-state index contributed by atoms with van der Waals surface area (Å²) in [5.41, 5.74) is 1.98. The van der Waals surface area contributed by atoms with Crippen LogP contribution in [0.15, 0.2) is 77.7 Å². The summed E-state index contributed by atoms with van der Waals surface area (Å²) in [4.78, 5) is 4.16. The summed E-state index contributed by atoms with van der Waals surface area (Å²) < 4.78 is 8.09. The summed E-state index contributed by atoms with van der Waals surface area (Å²) in [6, 6.07) is 17.8. The zero-order valence-corrected chi connectivity index (χ0v) is 12.4. The minimum Gasteiger partial charge on any atom is -0.458 e. The third kappa shape index (κ3) is 2.30. The molecule has 0 saturated heterocycles. The zero-order valence-electron chi connectivity index (χ0n) is 11.7. The summed E-state index contributed by atoms with van der Waals surface area (Å²) in [6.45, 7) is 0. The Hall–Kier alpha value is -2.52. The smallest absolute Gasteiger partial charge is 0.134 e. The molecule has 0 unspecified atom stereocenters. The van der Waals surface area contributed by atoms with Gasteiger partial charge in [-0.25, -0.2) is 4.98 Å². The predicted octanol–water partition coefficient (Wildman–Crippen LogP) is 4.92. The van der Waals surface area contributed by atoms with Gasteiger partial charge >= 0.3 is 0 Å². The zero-order chi connectivity index (χ0) is 14.9.